The molecule has 1 saturated heterocycles. The van der Waals surface area contributed by atoms with Crippen molar-refractivity contribution in [1.29, 1.82) is 0 Å². The second-order valence-corrected chi connectivity index (χ2v) is 7.23. The Balaban J connectivity index is 1.53. The van der Waals surface area contributed by atoms with Gasteiger partial charge in [-0.05, 0) is 30.8 Å². The number of benzene rings is 1. The SMILES string of the molecule is C#CCCC1(CCC(=O)NCc2cc(F)ccc2N2CCN(C)CC2)N=N1. The Morgan fingerprint density at radius 1 is 1.30 bits per heavy atom. The van der Waals surface area contributed by atoms with Crippen LogP contribution in [0.3, 0.4) is 0 Å². The van der Waals surface area contributed by atoms with Crippen LogP contribution in [0.4, 0.5) is 10.1 Å². The largest absolute Gasteiger partial charge is 0.369 e. The van der Waals surface area contributed by atoms with Crippen LogP contribution in [0.2, 0.25) is 0 Å². The molecule has 0 unspecified atom stereocenters. The van der Waals surface area contributed by atoms with Crippen molar-refractivity contribution in [2.45, 2.75) is 37.9 Å². The Bertz CT molecular complexity index is 743. The molecule has 2 heterocycles. The smallest absolute Gasteiger partial charge is 0.220 e. The minimum Gasteiger partial charge on any atom is -0.369 e. The molecule has 1 aromatic carbocycles. The van der Waals surface area contributed by atoms with E-state index in [4.69, 9.17) is 6.42 Å². The van der Waals surface area contributed by atoms with Crippen LogP contribution >= 0.6 is 0 Å². The molecule has 0 radical (unpaired) electrons. The molecule has 0 atom stereocenters. The van der Waals surface area contributed by atoms with Gasteiger partial charge in [-0.2, -0.15) is 10.2 Å². The van der Waals surface area contributed by atoms with Crippen molar-refractivity contribution in [3.63, 3.8) is 0 Å². The van der Waals surface area contributed by atoms with Gasteiger partial charge in [-0.15, -0.1) is 12.3 Å². The third-order valence-corrected chi connectivity index (χ3v) is 5.17. The Labute approximate surface area is 159 Å². The molecule has 1 fully saturated rings. The average molecular weight is 371 g/mol. The van der Waals surface area contributed by atoms with E-state index < -0.39 is 5.66 Å². The zero-order chi connectivity index (χ0) is 19.3. The lowest BCUT2D eigenvalue weighted by atomic mass is 10.0. The second kappa shape index (κ2) is 8.49. The van der Waals surface area contributed by atoms with Gasteiger partial charge in [0.05, 0.1) is 0 Å². The number of halogens is 1. The summed E-state index contributed by atoms with van der Waals surface area (Å²) in [5.41, 5.74) is 1.34. The summed E-state index contributed by atoms with van der Waals surface area (Å²) in [7, 11) is 2.10. The molecule has 1 aromatic rings. The molecule has 1 N–H and O–H groups in total. The molecular formula is C20H26FN5O. The van der Waals surface area contributed by atoms with Crippen molar-refractivity contribution in [3.05, 3.63) is 29.6 Å². The van der Waals surface area contributed by atoms with Gasteiger partial charge < -0.3 is 15.1 Å². The molecular weight excluding hydrogens is 345 g/mol. The van der Waals surface area contributed by atoms with Crippen LogP contribution in [0.1, 0.15) is 31.2 Å². The number of carbonyl (C=O) groups excluding carboxylic acids is 1. The van der Waals surface area contributed by atoms with E-state index in [0.717, 1.165) is 37.4 Å². The summed E-state index contributed by atoms with van der Waals surface area (Å²) in [6, 6.07) is 4.79. The third kappa shape index (κ3) is 5.27. The summed E-state index contributed by atoms with van der Waals surface area (Å²) >= 11 is 0. The quantitative estimate of drug-likeness (QED) is 0.715. The van der Waals surface area contributed by atoms with Crippen molar-refractivity contribution < 1.29 is 9.18 Å². The molecule has 3 rings (SSSR count). The monoisotopic (exact) mass is 371 g/mol. The third-order valence-electron chi connectivity index (χ3n) is 5.17. The summed E-state index contributed by atoms with van der Waals surface area (Å²) in [5, 5.41) is 11.0. The fourth-order valence-corrected chi connectivity index (χ4v) is 3.32. The lowest BCUT2D eigenvalue weighted by Gasteiger charge is -2.35. The summed E-state index contributed by atoms with van der Waals surface area (Å²) in [6.45, 7) is 4.03. The van der Waals surface area contributed by atoms with E-state index in [1.165, 1.54) is 12.1 Å². The van der Waals surface area contributed by atoms with Crippen molar-refractivity contribution >= 4 is 11.6 Å². The molecule has 27 heavy (non-hydrogen) atoms. The van der Waals surface area contributed by atoms with Gasteiger partial charge in [0.25, 0.3) is 0 Å². The van der Waals surface area contributed by atoms with Gasteiger partial charge in [0, 0.05) is 64.1 Å². The van der Waals surface area contributed by atoms with E-state index in [-0.39, 0.29) is 11.7 Å². The standard InChI is InChI=1S/C20H26FN5O/c1-3-4-8-20(23-24-20)9-7-19(27)22-15-16-14-17(21)5-6-18(16)26-12-10-25(2)11-13-26/h1,5-6,14H,4,7-13,15H2,2H3,(H,22,27). The summed E-state index contributed by atoms with van der Waals surface area (Å²) < 4.78 is 13.8. The van der Waals surface area contributed by atoms with Crippen LogP contribution in [0.5, 0.6) is 0 Å². The topological polar surface area (TPSA) is 60.3 Å². The number of nitrogens with zero attached hydrogens (tertiary/aromatic N) is 4. The Morgan fingerprint density at radius 3 is 2.70 bits per heavy atom. The maximum atomic E-state index is 13.8. The molecule has 6 nitrogen and oxygen atoms in total. The van der Waals surface area contributed by atoms with Gasteiger partial charge >= 0.3 is 0 Å². The van der Waals surface area contributed by atoms with Crippen LogP contribution in [0, 0.1) is 18.2 Å². The molecule has 0 aliphatic carbocycles. The molecule has 0 spiro atoms. The number of piperazine rings is 1. The van der Waals surface area contributed by atoms with Crippen molar-refractivity contribution in [2.75, 3.05) is 38.1 Å². The molecule has 0 saturated carbocycles. The highest BCUT2D eigenvalue weighted by Crippen LogP contribution is 2.37. The highest BCUT2D eigenvalue weighted by Gasteiger charge is 2.39. The number of nitrogens with one attached hydrogen (secondary N) is 1. The van der Waals surface area contributed by atoms with E-state index in [0.29, 0.717) is 32.2 Å². The van der Waals surface area contributed by atoms with Gasteiger partial charge in [-0.3, -0.25) is 4.79 Å². The van der Waals surface area contributed by atoms with E-state index in [2.05, 4.69) is 38.3 Å². The van der Waals surface area contributed by atoms with E-state index in [9.17, 15) is 9.18 Å². The molecule has 0 aromatic heterocycles. The Morgan fingerprint density at radius 2 is 2.04 bits per heavy atom. The highest BCUT2D eigenvalue weighted by molar-refractivity contribution is 5.76. The summed E-state index contributed by atoms with van der Waals surface area (Å²) in [5.74, 6) is 2.21. The first-order valence-corrected chi connectivity index (χ1v) is 9.37. The number of terminal acetylenes is 1. The maximum absolute atomic E-state index is 13.8. The predicted octanol–water partition coefficient (Wildman–Crippen LogP) is 2.55. The van der Waals surface area contributed by atoms with E-state index >= 15 is 0 Å². The number of carbonyl (C=O) groups is 1. The maximum Gasteiger partial charge on any atom is 0.220 e. The fourth-order valence-electron chi connectivity index (χ4n) is 3.32. The normalized spacial score (nSPS) is 18.2. The minimum absolute atomic E-state index is 0.0824. The first kappa shape index (κ1) is 19.3. The van der Waals surface area contributed by atoms with Gasteiger partial charge in [0.2, 0.25) is 5.91 Å². The number of hydrogen-bond donors (Lipinski definition) is 1. The van der Waals surface area contributed by atoms with E-state index in [1.807, 2.05) is 0 Å². The van der Waals surface area contributed by atoms with Crippen molar-refractivity contribution in [3.8, 4) is 12.3 Å². The lowest BCUT2D eigenvalue weighted by Crippen LogP contribution is -2.45. The predicted molar refractivity (Wildman–Crippen MR) is 103 cm³/mol. The molecule has 1 amide bonds. The van der Waals surface area contributed by atoms with E-state index in [1.54, 1.807) is 6.07 Å². The molecule has 2 aliphatic rings. The average Bonchev–Trinajstić information content (AvgIpc) is 3.44. The van der Waals surface area contributed by atoms with Gasteiger partial charge in [0.15, 0.2) is 5.66 Å². The van der Waals surface area contributed by atoms with Gasteiger partial charge in [-0.25, -0.2) is 4.39 Å². The molecule has 2 aliphatic heterocycles. The number of amides is 1. The first-order chi connectivity index (χ1) is 13.0. The summed E-state index contributed by atoms with van der Waals surface area (Å²) in [6.07, 6.45) is 7.46. The Kier molecular flexibility index (Phi) is 6.07. The second-order valence-electron chi connectivity index (χ2n) is 7.23. The Hall–Kier alpha value is -2.46. The molecule has 7 heteroatoms. The van der Waals surface area contributed by atoms with Crippen molar-refractivity contribution in [2.24, 2.45) is 10.2 Å². The minimum atomic E-state index is -0.451. The van der Waals surface area contributed by atoms with Crippen LogP contribution < -0.4 is 10.2 Å². The van der Waals surface area contributed by atoms with Crippen LogP contribution in [-0.2, 0) is 11.3 Å². The van der Waals surface area contributed by atoms with Gasteiger partial charge in [-0.1, -0.05) is 0 Å². The molecule has 0 bridgehead atoms. The number of hydrogen-bond acceptors (Lipinski definition) is 5. The van der Waals surface area contributed by atoms with Crippen LogP contribution in [0.15, 0.2) is 28.4 Å². The van der Waals surface area contributed by atoms with Crippen molar-refractivity contribution in [1.82, 2.24) is 10.2 Å². The number of rotatable bonds is 8. The van der Waals surface area contributed by atoms with Crippen LogP contribution in [-0.4, -0.2) is 49.7 Å². The number of anilines is 1. The zero-order valence-electron chi connectivity index (χ0n) is 15.7. The molecule has 144 valence electrons. The summed E-state index contributed by atoms with van der Waals surface area (Å²) in [4.78, 5) is 16.7. The first-order valence-electron chi connectivity index (χ1n) is 9.37. The highest BCUT2D eigenvalue weighted by atomic mass is 19.1. The van der Waals surface area contributed by atoms with Crippen LogP contribution in [0.25, 0.3) is 0 Å². The number of likely N-dealkylation sites (N-methyl/N-ethyl adjacent to an activating group) is 1. The van der Waals surface area contributed by atoms with Gasteiger partial charge in [0.1, 0.15) is 5.82 Å². The zero-order valence-corrected chi connectivity index (χ0v) is 15.7. The lowest BCUT2D eigenvalue weighted by molar-refractivity contribution is -0.121. The fraction of sp³-hybridized carbons (Fsp3) is 0.550.